The highest BCUT2D eigenvalue weighted by Gasteiger charge is 2.34. The second-order valence-electron chi connectivity index (χ2n) is 5.96. The molecule has 0 radical (unpaired) electrons. The van der Waals surface area contributed by atoms with Crippen LogP contribution in [0.3, 0.4) is 0 Å². The van der Waals surface area contributed by atoms with E-state index >= 15 is 0 Å². The lowest BCUT2D eigenvalue weighted by Gasteiger charge is -2.35. The van der Waals surface area contributed by atoms with Crippen molar-refractivity contribution in [2.45, 2.75) is 35.5 Å². The van der Waals surface area contributed by atoms with E-state index in [1.54, 1.807) is 4.31 Å². The predicted molar refractivity (Wildman–Crippen MR) is 96.0 cm³/mol. The van der Waals surface area contributed by atoms with Gasteiger partial charge in [-0.15, -0.1) is 0 Å². The lowest BCUT2D eigenvalue weighted by atomic mass is 9.96. The van der Waals surface area contributed by atoms with E-state index in [0.717, 1.165) is 35.7 Å². The number of nitrogens with zero attached hydrogens (tertiary/aromatic N) is 1. The minimum Gasteiger partial charge on any atom is -0.207 e. The largest absolute Gasteiger partial charge is 0.243 e. The van der Waals surface area contributed by atoms with Gasteiger partial charge in [0.05, 0.1) is 10.9 Å². The third-order valence-corrected chi connectivity index (χ3v) is 6.93. The van der Waals surface area contributed by atoms with Crippen LogP contribution < -0.4 is 0 Å². The quantitative estimate of drug-likeness (QED) is 0.687. The first-order chi connectivity index (χ1) is 11.5. The highest BCUT2D eigenvalue weighted by molar-refractivity contribution is 9.08. The van der Waals surface area contributed by atoms with Crippen molar-refractivity contribution in [3.05, 3.63) is 65.5 Å². The summed E-state index contributed by atoms with van der Waals surface area (Å²) >= 11 is 3.45. The van der Waals surface area contributed by atoms with Crippen LogP contribution in [-0.2, 0) is 15.4 Å². The Hall–Kier alpha value is -1.24. The Balaban J connectivity index is 1.98. The van der Waals surface area contributed by atoms with Crippen molar-refractivity contribution in [3.63, 3.8) is 0 Å². The standard InChI is InChI=1S/C18H19BrFNO2S/c19-13-14-4-3-5-15(12-14)18-6-1-2-11-21(18)24(22,23)17-9-7-16(20)8-10-17/h3-5,7-10,12,18H,1-2,6,11,13H2. The fourth-order valence-electron chi connectivity index (χ4n) is 3.15. The maximum Gasteiger partial charge on any atom is 0.243 e. The number of hydrogen-bond acceptors (Lipinski definition) is 2. The van der Waals surface area contributed by atoms with E-state index in [1.165, 1.54) is 24.3 Å². The first kappa shape index (κ1) is 17.6. The first-order valence-corrected chi connectivity index (χ1v) is 10.5. The molecule has 2 aromatic rings. The minimum absolute atomic E-state index is 0.146. The molecule has 1 unspecified atom stereocenters. The van der Waals surface area contributed by atoms with Crippen molar-refractivity contribution in [1.29, 1.82) is 0 Å². The van der Waals surface area contributed by atoms with Crippen LogP contribution in [0.2, 0.25) is 0 Å². The molecule has 24 heavy (non-hydrogen) atoms. The van der Waals surface area contributed by atoms with Crippen molar-refractivity contribution < 1.29 is 12.8 Å². The van der Waals surface area contributed by atoms with Gasteiger partial charge >= 0.3 is 0 Å². The van der Waals surface area contributed by atoms with Crippen LogP contribution in [0, 0.1) is 5.82 Å². The van der Waals surface area contributed by atoms with Gasteiger partial charge in [-0.3, -0.25) is 0 Å². The summed E-state index contributed by atoms with van der Waals surface area (Å²) < 4.78 is 40.8. The summed E-state index contributed by atoms with van der Waals surface area (Å²) in [7, 11) is -3.64. The zero-order valence-electron chi connectivity index (χ0n) is 13.2. The molecule has 2 aromatic carbocycles. The second kappa shape index (κ2) is 7.33. The van der Waals surface area contributed by atoms with E-state index in [2.05, 4.69) is 22.0 Å². The Morgan fingerprint density at radius 3 is 2.58 bits per heavy atom. The molecule has 1 fully saturated rings. The van der Waals surface area contributed by atoms with Crippen molar-refractivity contribution in [2.24, 2.45) is 0 Å². The summed E-state index contributed by atoms with van der Waals surface area (Å²) in [5, 5.41) is 0.734. The summed E-state index contributed by atoms with van der Waals surface area (Å²) in [6, 6.07) is 12.9. The number of benzene rings is 2. The van der Waals surface area contributed by atoms with Crippen molar-refractivity contribution >= 4 is 26.0 Å². The van der Waals surface area contributed by atoms with Gasteiger partial charge < -0.3 is 0 Å². The fraction of sp³-hybridized carbons (Fsp3) is 0.333. The summed E-state index contributed by atoms with van der Waals surface area (Å²) in [6.45, 7) is 0.489. The number of piperidine rings is 1. The summed E-state index contributed by atoms with van der Waals surface area (Å²) in [5.41, 5.74) is 2.13. The van der Waals surface area contributed by atoms with Gasteiger partial charge in [0.25, 0.3) is 0 Å². The zero-order valence-corrected chi connectivity index (χ0v) is 15.6. The molecule has 6 heteroatoms. The molecule has 0 bridgehead atoms. The van der Waals surface area contributed by atoms with E-state index in [1.807, 2.05) is 18.2 Å². The van der Waals surface area contributed by atoms with Crippen LogP contribution in [0.5, 0.6) is 0 Å². The Morgan fingerprint density at radius 1 is 1.12 bits per heavy atom. The topological polar surface area (TPSA) is 37.4 Å². The zero-order chi connectivity index (χ0) is 17.2. The minimum atomic E-state index is -3.64. The van der Waals surface area contributed by atoms with Gasteiger partial charge in [-0.05, 0) is 48.2 Å². The molecule has 1 heterocycles. The first-order valence-electron chi connectivity index (χ1n) is 7.94. The molecule has 128 valence electrons. The molecule has 0 saturated carbocycles. The molecule has 0 spiro atoms. The molecule has 0 amide bonds. The lowest BCUT2D eigenvalue weighted by molar-refractivity contribution is 0.256. The van der Waals surface area contributed by atoms with Crippen LogP contribution >= 0.6 is 15.9 Å². The van der Waals surface area contributed by atoms with Crippen LogP contribution in [0.1, 0.15) is 36.4 Å². The van der Waals surface area contributed by atoms with Gasteiger partial charge in [-0.25, -0.2) is 12.8 Å². The molecule has 3 rings (SSSR count). The van der Waals surface area contributed by atoms with E-state index in [0.29, 0.717) is 6.54 Å². The molecule has 1 aliphatic heterocycles. The average Bonchev–Trinajstić information content (AvgIpc) is 2.62. The molecule has 0 aliphatic carbocycles. The number of hydrogen-bond donors (Lipinski definition) is 0. The Kier molecular flexibility index (Phi) is 5.37. The third-order valence-electron chi connectivity index (χ3n) is 4.36. The molecule has 1 saturated heterocycles. The van der Waals surface area contributed by atoms with Crippen molar-refractivity contribution in [2.75, 3.05) is 6.54 Å². The molecule has 1 aliphatic rings. The van der Waals surface area contributed by atoms with Crippen LogP contribution in [0.15, 0.2) is 53.4 Å². The SMILES string of the molecule is O=S(=O)(c1ccc(F)cc1)N1CCCCC1c1cccc(CBr)c1. The van der Waals surface area contributed by atoms with Crippen molar-refractivity contribution in [3.8, 4) is 0 Å². The lowest BCUT2D eigenvalue weighted by Crippen LogP contribution is -2.38. The highest BCUT2D eigenvalue weighted by atomic mass is 79.9. The van der Waals surface area contributed by atoms with Gasteiger partial charge in [0.1, 0.15) is 5.82 Å². The molecule has 1 atom stereocenters. The smallest absolute Gasteiger partial charge is 0.207 e. The summed E-state index contributed by atoms with van der Waals surface area (Å²) in [4.78, 5) is 0.146. The van der Waals surface area contributed by atoms with Gasteiger partial charge in [0, 0.05) is 11.9 Å². The van der Waals surface area contributed by atoms with E-state index < -0.39 is 15.8 Å². The molecular weight excluding hydrogens is 393 g/mol. The van der Waals surface area contributed by atoms with E-state index in [9.17, 15) is 12.8 Å². The van der Waals surface area contributed by atoms with Gasteiger partial charge in [-0.1, -0.05) is 46.6 Å². The predicted octanol–water partition coefficient (Wildman–Crippen LogP) is 4.64. The van der Waals surface area contributed by atoms with Crippen LogP contribution in [0.4, 0.5) is 4.39 Å². The molecular formula is C18H19BrFNO2S. The second-order valence-corrected chi connectivity index (χ2v) is 8.41. The summed E-state index contributed by atoms with van der Waals surface area (Å²) in [5.74, 6) is -0.436. The van der Waals surface area contributed by atoms with E-state index in [-0.39, 0.29) is 10.9 Å². The number of alkyl halides is 1. The van der Waals surface area contributed by atoms with Crippen LogP contribution in [0.25, 0.3) is 0 Å². The van der Waals surface area contributed by atoms with Gasteiger partial charge in [0.2, 0.25) is 10.0 Å². The average molecular weight is 412 g/mol. The molecule has 0 aromatic heterocycles. The Labute approximate surface area is 150 Å². The van der Waals surface area contributed by atoms with Crippen molar-refractivity contribution in [1.82, 2.24) is 4.31 Å². The van der Waals surface area contributed by atoms with Gasteiger partial charge in [-0.2, -0.15) is 4.31 Å². The number of halogens is 2. The normalized spacial score (nSPS) is 19.3. The molecule has 0 N–H and O–H groups in total. The monoisotopic (exact) mass is 411 g/mol. The molecule has 3 nitrogen and oxygen atoms in total. The number of sulfonamides is 1. The maximum atomic E-state index is 13.1. The fourth-order valence-corrected chi connectivity index (χ4v) is 5.18. The number of rotatable bonds is 4. The van der Waals surface area contributed by atoms with Crippen LogP contribution in [-0.4, -0.2) is 19.3 Å². The van der Waals surface area contributed by atoms with E-state index in [4.69, 9.17) is 0 Å². The Bertz CT molecular complexity index is 808. The summed E-state index contributed by atoms with van der Waals surface area (Å²) in [6.07, 6.45) is 2.64. The third kappa shape index (κ3) is 3.55. The van der Waals surface area contributed by atoms with Gasteiger partial charge in [0.15, 0.2) is 0 Å². The maximum absolute atomic E-state index is 13.1. The highest BCUT2D eigenvalue weighted by Crippen LogP contribution is 2.35. The Morgan fingerprint density at radius 2 is 1.88 bits per heavy atom.